The van der Waals surface area contributed by atoms with E-state index in [9.17, 15) is 9.59 Å². The van der Waals surface area contributed by atoms with Crippen molar-refractivity contribution in [2.75, 3.05) is 12.0 Å². The van der Waals surface area contributed by atoms with E-state index >= 15 is 0 Å². The number of rotatable bonds is 3. The minimum Gasteiger partial charge on any atom is -0.497 e. The minimum atomic E-state index is -0.256. The molecule has 1 aliphatic rings. The van der Waals surface area contributed by atoms with E-state index in [2.05, 4.69) is 0 Å². The molecule has 0 aliphatic carbocycles. The summed E-state index contributed by atoms with van der Waals surface area (Å²) < 4.78 is 5.05. The van der Waals surface area contributed by atoms with Crippen LogP contribution < -0.4 is 9.64 Å². The van der Waals surface area contributed by atoms with Gasteiger partial charge < -0.3 is 4.74 Å². The van der Waals surface area contributed by atoms with E-state index in [-0.39, 0.29) is 18.2 Å². The van der Waals surface area contributed by atoms with Gasteiger partial charge in [0.1, 0.15) is 5.75 Å². The lowest BCUT2D eigenvalue weighted by Gasteiger charge is -2.13. The quantitative estimate of drug-likeness (QED) is 0.617. The van der Waals surface area contributed by atoms with Gasteiger partial charge in [-0.05, 0) is 31.2 Å². The van der Waals surface area contributed by atoms with Crippen molar-refractivity contribution in [3.63, 3.8) is 0 Å². The molecule has 0 bridgehead atoms. The highest BCUT2D eigenvalue weighted by atomic mass is 16.5. The van der Waals surface area contributed by atoms with Gasteiger partial charge in [-0.2, -0.15) is 0 Å². The van der Waals surface area contributed by atoms with Gasteiger partial charge in [0.25, 0.3) is 5.91 Å². The summed E-state index contributed by atoms with van der Waals surface area (Å²) in [6.45, 7) is 1.86. The van der Waals surface area contributed by atoms with Gasteiger partial charge in [0.05, 0.1) is 19.2 Å². The zero-order valence-corrected chi connectivity index (χ0v) is 10.9. The number of methoxy groups -OCH3 is 1. The Kier molecular flexibility index (Phi) is 3.80. The van der Waals surface area contributed by atoms with Gasteiger partial charge in [0, 0.05) is 5.57 Å². The van der Waals surface area contributed by atoms with E-state index < -0.39 is 0 Å². The fraction of sp³-hybridized carbons (Fsp3) is 0.200. The summed E-state index contributed by atoms with van der Waals surface area (Å²) in [6.07, 6.45) is 5.41. The summed E-state index contributed by atoms with van der Waals surface area (Å²) in [5, 5.41) is 0. The maximum Gasteiger partial charge on any atom is 0.261 e. The number of nitrogens with zero attached hydrogens (tertiary/aromatic N) is 1. The standard InChI is InChI=1S/C15H15NO3/c1-3-4-5-11-10-14(17)16(15(11)18)12-6-8-13(19-2)9-7-12/h3-9H,10H2,1-2H3. The van der Waals surface area contributed by atoms with E-state index in [0.29, 0.717) is 17.0 Å². The molecule has 98 valence electrons. The number of ether oxygens (including phenoxy) is 1. The van der Waals surface area contributed by atoms with Crippen LogP contribution in [0, 0.1) is 0 Å². The molecule has 2 amide bonds. The minimum absolute atomic E-state index is 0.148. The first kappa shape index (κ1) is 13.1. The molecule has 19 heavy (non-hydrogen) atoms. The fourth-order valence-corrected chi connectivity index (χ4v) is 1.91. The highest BCUT2D eigenvalue weighted by Crippen LogP contribution is 2.27. The third-order valence-corrected chi connectivity index (χ3v) is 2.89. The molecule has 1 aromatic rings. The highest BCUT2D eigenvalue weighted by molar-refractivity contribution is 6.28. The van der Waals surface area contributed by atoms with E-state index in [1.54, 1.807) is 43.5 Å². The molecule has 0 aromatic heterocycles. The Balaban J connectivity index is 2.29. The Labute approximate surface area is 112 Å². The molecule has 1 fully saturated rings. The summed E-state index contributed by atoms with van der Waals surface area (Å²) in [5.41, 5.74) is 1.08. The molecule has 1 saturated heterocycles. The largest absolute Gasteiger partial charge is 0.497 e. The molecule has 0 radical (unpaired) electrons. The summed E-state index contributed by atoms with van der Waals surface area (Å²) >= 11 is 0. The topological polar surface area (TPSA) is 46.6 Å². The van der Waals surface area contributed by atoms with Gasteiger partial charge in [-0.25, -0.2) is 4.90 Å². The fourth-order valence-electron chi connectivity index (χ4n) is 1.91. The van der Waals surface area contributed by atoms with Gasteiger partial charge in [-0.15, -0.1) is 0 Å². The van der Waals surface area contributed by atoms with Crippen LogP contribution in [0.4, 0.5) is 5.69 Å². The van der Waals surface area contributed by atoms with Gasteiger partial charge >= 0.3 is 0 Å². The van der Waals surface area contributed by atoms with Crippen LogP contribution in [-0.2, 0) is 9.59 Å². The molecule has 1 aromatic carbocycles. The summed E-state index contributed by atoms with van der Waals surface area (Å²) in [4.78, 5) is 25.3. The third kappa shape index (κ3) is 2.57. The Morgan fingerprint density at radius 3 is 2.47 bits per heavy atom. The number of carbonyl (C=O) groups excluding carboxylic acids is 2. The van der Waals surface area contributed by atoms with E-state index in [1.807, 2.05) is 13.0 Å². The zero-order chi connectivity index (χ0) is 13.8. The maximum absolute atomic E-state index is 12.1. The van der Waals surface area contributed by atoms with Crippen molar-refractivity contribution in [1.29, 1.82) is 0 Å². The first-order valence-electron chi connectivity index (χ1n) is 6.00. The first-order chi connectivity index (χ1) is 9.17. The number of allylic oxidation sites excluding steroid dienone is 3. The molecule has 4 nitrogen and oxygen atoms in total. The normalized spacial score (nSPS) is 17.8. The smallest absolute Gasteiger partial charge is 0.261 e. The number of hydrogen-bond acceptors (Lipinski definition) is 3. The zero-order valence-electron chi connectivity index (χ0n) is 10.9. The van der Waals surface area contributed by atoms with E-state index in [0.717, 1.165) is 0 Å². The summed E-state index contributed by atoms with van der Waals surface area (Å²) in [6, 6.07) is 6.85. The van der Waals surface area contributed by atoms with Gasteiger partial charge in [-0.1, -0.05) is 18.2 Å². The van der Waals surface area contributed by atoms with Crippen LogP contribution in [0.15, 0.2) is 48.1 Å². The predicted octanol–water partition coefficient (Wildman–Crippen LogP) is 2.46. The second-order valence-electron chi connectivity index (χ2n) is 4.13. The molecule has 0 N–H and O–H groups in total. The summed E-state index contributed by atoms with van der Waals surface area (Å²) in [7, 11) is 1.57. The van der Waals surface area contributed by atoms with Crippen LogP contribution in [0.2, 0.25) is 0 Å². The molecule has 0 atom stereocenters. The van der Waals surface area contributed by atoms with Crippen LogP contribution in [0.25, 0.3) is 0 Å². The van der Waals surface area contributed by atoms with Crippen LogP contribution >= 0.6 is 0 Å². The van der Waals surface area contributed by atoms with Crippen molar-refractivity contribution in [2.45, 2.75) is 13.3 Å². The lowest BCUT2D eigenvalue weighted by Crippen LogP contribution is -2.28. The summed E-state index contributed by atoms with van der Waals surface area (Å²) in [5.74, 6) is 0.228. The average molecular weight is 257 g/mol. The molecular weight excluding hydrogens is 242 g/mol. The van der Waals surface area contributed by atoms with Crippen molar-refractivity contribution in [3.8, 4) is 5.75 Å². The molecular formula is C15H15NO3. The van der Waals surface area contributed by atoms with Crippen LogP contribution in [0.5, 0.6) is 5.75 Å². The maximum atomic E-state index is 12.1. The number of anilines is 1. The number of benzene rings is 1. The van der Waals surface area contributed by atoms with E-state index in [1.165, 1.54) is 4.90 Å². The Bertz CT molecular complexity index is 555. The second-order valence-corrected chi connectivity index (χ2v) is 4.13. The molecule has 0 spiro atoms. The molecule has 2 rings (SSSR count). The monoisotopic (exact) mass is 257 g/mol. The van der Waals surface area contributed by atoms with E-state index in [4.69, 9.17) is 4.74 Å². The average Bonchev–Trinajstić information content (AvgIpc) is 2.71. The first-order valence-corrected chi connectivity index (χ1v) is 6.00. The van der Waals surface area contributed by atoms with Crippen LogP contribution in [0.1, 0.15) is 13.3 Å². The molecule has 4 heteroatoms. The van der Waals surface area contributed by atoms with Crippen LogP contribution in [0.3, 0.4) is 0 Å². The molecule has 1 heterocycles. The third-order valence-electron chi connectivity index (χ3n) is 2.89. The van der Waals surface area contributed by atoms with Crippen molar-refractivity contribution in [1.82, 2.24) is 0 Å². The highest BCUT2D eigenvalue weighted by Gasteiger charge is 2.34. The van der Waals surface area contributed by atoms with Gasteiger partial charge in [-0.3, -0.25) is 9.59 Å². The molecule has 0 unspecified atom stereocenters. The number of amides is 2. The molecule has 1 aliphatic heterocycles. The predicted molar refractivity (Wildman–Crippen MR) is 73.0 cm³/mol. The van der Waals surface area contributed by atoms with Crippen molar-refractivity contribution < 1.29 is 14.3 Å². The number of imide groups is 1. The van der Waals surface area contributed by atoms with Crippen molar-refractivity contribution >= 4 is 17.5 Å². The Morgan fingerprint density at radius 1 is 1.21 bits per heavy atom. The van der Waals surface area contributed by atoms with Crippen LogP contribution in [-0.4, -0.2) is 18.9 Å². The Morgan fingerprint density at radius 2 is 1.89 bits per heavy atom. The Hall–Kier alpha value is -2.36. The number of hydrogen-bond donors (Lipinski definition) is 0. The second kappa shape index (κ2) is 5.52. The van der Waals surface area contributed by atoms with Crippen molar-refractivity contribution in [2.24, 2.45) is 0 Å². The number of carbonyl (C=O) groups is 2. The lowest BCUT2D eigenvalue weighted by molar-refractivity contribution is -0.120. The van der Waals surface area contributed by atoms with Gasteiger partial charge in [0.15, 0.2) is 0 Å². The molecule has 0 saturated carbocycles. The SMILES string of the molecule is CC=CC=C1CC(=O)N(c2ccc(OC)cc2)C1=O. The lowest BCUT2D eigenvalue weighted by atomic mass is 10.2. The van der Waals surface area contributed by atoms with Gasteiger partial charge in [0.2, 0.25) is 5.91 Å². The van der Waals surface area contributed by atoms with Crippen molar-refractivity contribution in [3.05, 3.63) is 48.1 Å².